The topological polar surface area (TPSA) is 72.9 Å². The predicted molar refractivity (Wildman–Crippen MR) is 92.3 cm³/mol. The summed E-state index contributed by atoms with van der Waals surface area (Å²) in [4.78, 5) is 37.1. The fourth-order valence-electron chi connectivity index (χ4n) is 1.71. The Balaban J connectivity index is 2.82. The first-order chi connectivity index (χ1) is 12.0. The van der Waals surface area contributed by atoms with E-state index in [0.29, 0.717) is 0 Å². The second-order valence-electron chi connectivity index (χ2n) is 4.86. The normalized spacial score (nSPS) is 9.24. The Kier molecular flexibility index (Phi) is 8.52. The number of carbonyl (C=O) groups excluding carboxylic acids is 3. The molecule has 0 saturated carbocycles. The van der Waals surface area contributed by atoms with Gasteiger partial charge in [0.2, 0.25) is 5.91 Å². The molecule has 0 heterocycles. The van der Waals surface area contributed by atoms with E-state index in [4.69, 9.17) is 9.47 Å². The summed E-state index contributed by atoms with van der Waals surface area (Å²) < 4.78 is 9.57. The Hall–Kier alpha value is -3.07. The summed E-state index contributed by atoms with van der Waals surface area (Å²) in [5.41, 5.74) is 0.397. The standard InChI is InChI=1S/C19H21NO5/c1-4-24-18(22)16(19(23)25-5-2)14-17(21)20(3)13-9-12-15-10-7-6-8-11-15/h6-8,10-11,14H,4-5,13H2,1-3H3. The molecule has 6 heteroatoms. The fraction of sp³-hybridized carbons (Fsp3) is 0.316. The van der Waals surface area contributed by atoms with Gasteiger partial charge in [0.05, 0.1) is 19.8 Å². The highest BCUT2D eigenvalue weighted by molar-refractivity contribution is 6.17. The molecule has 1 aromatic rings. The van der Waals surface area contributed by atoms with Crippen LogP contribution in [0.2, 0.25) is 0 Å². The first kappa shape index (κ1) is 20.0. The van der Waals surface area contributed by atoms with Crippen LogP contribution in [0.15, 0.2) is 42.0 Å². The minimum absolute atomic E-state index is 0.0855. The summed E-state index contributed by atoms with van der Waals surface area (Å²) in [6, 6.07) is 9.33. The maximum atomic E-state index is 12.2. The Labute approximate surface area is 147 Å². The highest BCUT2D eigenvalue weighted by atomic mass is 16.6. The van der Waals surface area contributed by atoms with E-state index in [2.05, 4.69) is 11.8 Å². The molecular formula is C19H21NO5. The number of hydrogen-bond acceptors (Lipinski definition) is 5. The molecule has 25 heavy (non-hydrogen) atoms. The molecule has 6 nitrogen and oxygen atoms in total. The van der Waals surface area contributed by atoms with Crippen molar-refractivity contribution in [3.8, 4) is 11.8 Å². The zero-order valence-corrected chi connectivity index (χ0v) is 14.6. The summed E-state index contributed by atoms with van der Waals surface area (Å²) in [6.45, 7) is 3.52. The number of hydrogen-bond donors (Lipinski definition) is 0. The highest BCUT2D eigenvalue weighted by Gasteiger charge is 2.23. The summed E-state index contributed by atoms with van der Waals surface area (Å²) in [7, 11) is 1.52. The van der Waals surface area contributed by atoms with E-state index >= 15 is 0 Å². The summed E-state index contributed by atoms with van der Waals surface area (Å²) in [5.74, 6) is 3.46. The van der Waals surface area contributed by atoms with Gasteiger partial charge in [-0.3, -0.25) is 4.79 Å². The molecule has 0 atom stereocenters. The largest absolute Gasteiger partial charge is 0.462 e. The van der Waals surface area contributed by atoms with Gasteiger partial charge < -0.3 is 14.4 Å². The van der Waals surface area contributed by atoms with Crippen LogP contribution in [0.4, 0.5) is 0 Å². The Morgan fingerprint density at radius 3 is 2.12 bits per heavy atom. The predicted octanol–water partition coefficient (Wildman–Crippen LogP) is 1.55. The lowest BCUT2D eigenvalue weighted by atomic mass is 10.2. The van der Waals surface area contributed by atoms with Crippen molar-refractivity contribution < 1.29 is 23.9 Å². The lowest BCUT2D eigenvalue weighted by Crippen LogP contribution is -2.28. The average molecular weight is 343 g/mol. The van der Waals surface area contributed by atoms with Crippen molar-refractivity contribution >= 4 is 17.8 Å². The van der Waals surface area contributed by atoms with Crippen molar-refractivity contribution in [2.45, 2.75) is 13.8 Å². The van der Waals surface area contributed by atoms with E-state index < -0.39 is 23.4 Å². The Morgan fingerprint density at radius 2 is 1.60 bits per heavy atom. The van der Waals surface area contributed by atoms with Gasteiger partial charge in [-0.25, -0.2) is 9.59 Å². The van der Waals surface area contributed by atoms with Crippen LogP contribution < -0.4 is 0 Å². The number of amides is 1. The maximum Gasteiger partial charge on any atom is 0.345 e. The van der Waals surface area contributed by atoms with Gasteiger partial charge in [-0.1, -0.05) is 30.0 Å². The molecule has 0 aliphatic carbocycles. The summed E-state index contributed by atoms with van der Waals surface area (Å²) >= 11 is 0. The molecule has 132 valence electrons. The molecule has 1 aromatic carbocycles. The lowest BCUT2D eigenvalue weighted by molar-refractivity contribution is -0.147. The van der Waals surface area contributed by atoms with Gasteiger partial charge in [0.25, 0.3) is 0 Å². The van der Waals surface area contributed by atoms with E-state index in [0.717, 1.165) is 11.6 Å². The first-order valence-corrected chi connectivity index (χ1v) is 7.84. The van der Waals surface area contributed by atoms with E-state index in [-0.39, 0.29) is 19.8 Å². The minimum atomic E-state index is -0.891. The zero-order valence-electron chi connectivity index (χ0n) is 14.6. The third-order valence-electron chi connectivity index (χ3n) is 2.96. The molecule has 0 spiro atoms. The molecule has 0 bridgehead atoms. The number of esters is 2. The quantitative estimate of drug-likeness (QED) is 0.258. The number of carbonyl (C=O) groups is 3. The van der Waals surface area contributed by atoms with Gasteiger partial charge in [0.1, 0.15) is 5.57 Å². The maximum absolute atomic E-state index is 12.2. The van der Waals surface area contributed by atoms with Gasteiger partial charge in [-0.05, 0) is 26.0 Å². The molecule has 1 rings (SSSR count). The number of benzene rings is 1. The van der Waals surface area contributed by atoms with Crippen LogP contribution in [0.5, 0.6) is 0 Å². The minimum Gasteiger partial charge on any atom is -0.462 e. The SMILES string of the molecule is CCOC(=O)C(=CC(=O)N(C)CC#Cc1ccccc1)C(=O)OCC. The Bertz CT molecular complexity index is 678. The molecular weight excluding hydrogens is 322 g/mol. The van der Waals surface area contributed by atoms with E-state index in [9.17, 15) is 14.4 Å². The van der Waals surface area contributed by atoms with Crippen molar-refractivity contribution in [3.63, 3.8) is 0 Å². The average Bonchev–Trinajstić information content (AvgIpc) is 2.60. The van der Waals surface area contributed by atoms with Crippen LogP contribution in [-0.4, -0.2) is 49.6 Å². The van der Waals surface area contributed by atoms with Crippen molar-refractivity contribution in [2.24, 2.45) is 0 Å². The van der Waals surface area contributed by atoms with Crippen LogP contribution in [0.25, 0.3) is 0 Å². The molecule has 0 saturated heterocycles. The van der Waals surface area contributed by atoms with Gasteiger partial charge in [-0.2, -0.15) is 0 Å². The molecule has 0 radical (unpaired) electrons. The summed E-state index contributed by atoms with van der Waals surface area (Å²) in [5, 5.41) is 0. The number of likely N-dealkylation sites (N-methyl/N-ethyl adjacent to an activating group) is 1. The van der Waals surface area contributed by atoms with E-state index in [1.54, 1.807) is 13.8 Å². The molecule has 0 unspecified atom stereocenters. The molecule has 0 N–H and O–H groups in total. The monoisotopic (exact) mass is 343 g/mol. The molecule has 1 amide bonds. The van der Waals surface area contributed by atoms with E-state index in [1.807, 2.05) is 30.3 Å². The highest BCUT2D eigenvalue weighted by Crippen LogP contribution is 2.04. The number of ether oxygens (including phenoxy) is 2. The molecule has 0 fully saturated rings. The Morgan fingerprint density at radius 1 is 1.04 bits per heavy atom. The van der Waals surface area contributed by atoms with Crippen molar-refractivity contribution in [1.29, 1.82) is 0 Å². The third kappa shape index (κ3) is 6.92. The zero-order chi connectivity index (χ0) is 18.7. The van der Waals surface area contributed by atoms with Gasteiger partial charge in [0, 0.05) is 18.7 Å². The van der Waals surface area contributed by atoms with Crippen molar-refractivity contribution in [2.75, 3.05) is 26.8 Å². The van der Waals surface area contributed by atoms with Crippen LogP contribution in [0, 0.1) is 11.8 Å². The molecule has 0 aliphatic heterocycles. The van der Waals surface area contributed by atoms with Crippen LogP contribution >= 0.6 is 0 Å². The van der Waals surface area contributed by atoms with Crippen molar-refractivity contribution in [3.05, 3.63) is 47.5 Å². The van der Waals surface area contributed by atoms with Gasteiger partial charge in [-0.15, -0.1) is 0 Å². The number of rotatable bonds is 6. The fourth-order valence-corrected chi connectivity index (χ4v) is 1.71. The second kappa shape index (κ2) is 10.7. The first-order valence-electron chi connectivity index (χ1n) is 7.84. The van der Waals surface area contributed by atoms with Crippen LogP contribution in [0.1, 0.15) is 19.4 Å². The van der Waals surface area contributed by atoms with Crippen LogP contribution in [0.3, 0.4) is 0 Å². The van der Waals surface area contributed by atoms with Gasteiger partial charge in [0.15, 0.2) is 0 Å². The smallest absolute Gasteiger partial charge is 0.345 e. The lowest BCUT2D eigenvalue weighted by Gasteiger charge is -2.12. The van der Waals surface area contributed by atoms with Gasteiger partial charge >= 0.3 is 11.9 Å². The molecule has 0 aliphatic rings. The summed E-state index contributed by atoms with van der Waals surface area (Å²) in [6.07, 6.45) is 0.917. The van der Waals surface area contributed by atoms with Crippen molar-refractivity contribution in [1.82, 2.24) is 4.90 Å². The van der Waals surface area contributed by atoms with Crippen LogP contribution in [-0.2, 0) is 23.9 Å². The third-order valence-corrected chi connectivity index (χ3v) is 2.96. The molecule has 0 aromatic heterocycles. The second-order valence-corrected chi connectivity index (χ2v) is 4.86. The van der Waals surface area contributed by atoms with E-state index in [1.165, 1.54) is 11.9 Å². The number of nitrogens with zero attached hydrogens (tertiary/aromatic N) is 1.